The summed E-state index contributed by atoms with van der Waals surface area (Å²) in [5.74, 6) is 0.0508. The third-order valence-corrected chi connectivity index (χ3v) is 5.45. The number of hydrogen-bond acceptors (Lipinski definition) is 5. The van der Waals surface area contributed by atoms with Gasteiger partial charge in [0.1, 0.15) is 18.1 Å². The number of phenols is 1. The molecule has 0 aliphatic carbocycles. The Balaban J connectivity index is 1.53. The Bertz CT molecular complexity index is 1140. The molecule has 0 bridgehead atoms. The van der Waals surface area contributed by atoms with Crippen molar-refractivity contribution in [2.75, 3.05) is 20.2 Å². The lowest BCUT2D eigenvalue weighted by Gasteiger charge is -2.16. The van der Waals surface area contributed by atoms with E-state index in [2.05, 4.69) is 15.5 Å². The van der Waals surface area contributed by atoms with E-state index in [4.69, 9.17) is 4.74 Å². The molecule has 0 fully saturated rings. The second kappa shape index (κ2) is 8.70. The molecule has 0 radical (unpaired) electrons. The molecule has 3 N–H and O–H groups in total. The van der Waals surface area contributed by atoms with E-state index >= 15 is 0 Å². The van der Waals surface area contributed by atoms with Gasteiger partial charge >= 0.3 is 6.18 Å². The van der Waals surface area contributed by atoms with Crippen molar-refractivity contribution in [3.63, 3.8) is 0 Å². The van der Waals surface area contributed by atoms with Crippen LogP contribution in [0.15, 0.2) is 30.3 Å². The molecule has 2 aromatic carbocycles. The molecule has 0 atom stereocenters. The maximum Gasteiger partial charge on any atom is 0.389 e. The van der Waals surface area contributed by atoms with Crippen molar-refractivity contribution in [3.05, 3.63) is 52.7 Å². The fraction of sp³-hybridized carbons (Fsp3) is 0.364. The van der Waals surface area contributed by atoms with Gasteiger partial charge in [0.25, 0.3) is 5.91 Å². The third kappa shape index (κ3) is 4.64. The average Bonchev–Trinajstić information content (AvgIpc) is 3.34. The fourth-order valence-corrected chi connectivity index (χ4v) is 3.77. The van der Waals surface area contributed by atoms with E-state index in [1.807, 2.05) is 25.2 Å². The zero-order valence-electron chi connectivity index (χ0n) is 17.4. The van der Waals surface area contributed by atoms with E-state index in [0.29, 0.717) is 42.9 Å². The van der Waals surface area contributed by atoms with Gasteiger partial charge in [-0.25, -0.2) is 0 Å². The minimum atomic E-state index is -4.30. The highest BCUT2D eigenvalue weighted by atomic mass is 19.4. The number of aromatic hydroxyl groups is 1. The van der Waals surface area contributed by atoms with Crippen molar-refractivity contribution >= 4 is 16.8 Å². The van der Waals surface area contributed by atoms with Gasteiger partial charge in [0.05, 0.1) is 11.1 Å². The van der Waals surface area contributed by atoms with Gasteiger partial charge in [0.15, 0.2) is 0 Å². The number of nitrogens with zero attached hydrogens (tertiary/aromatic N) is 2. The number of nitrogens with one attached hydrogen (secondary N) is 2. The first-order valence-corrected chi connectivity index (χ1v) is 10.2. The molecule has 1 aliphatic heterocycles. The number of carbonyl (C=O) groups excluding carboxylic acids is 1. The molecule has 2 heterocycles. The Morgan fingerprint density at radius 3 is 2.78 bits per heavy atom. The maximum absolute atomic E-state index is 13.1. The number of phenolic OH excluding ortho intramolecular Hbond substituents is 1. The lowest BCUT2D eigenvalue weighted by Crippen LogP contribution is -2.25. The fourth-order valence-electron chi connectivity index (χ4n) is 3.77. The minimum Gasteiger partial charge on any atom is -0.507 e. The topological polar surface area (TPSA) is 90.5 Å². The van der Waals surface area contributed by atoms with E-state index in [9.17, 15) is 23.1 Å². The highest BCUT2D eigenvalue weighted by Gasteiger charge is 2.29. The predicted molar refractivity (Wildman–Crippen MR) is 112 cm³/mol. The van der Waals surface area contributed by atoms with Gasteiger partial charge < -0.3 is 20.1 Å². The Hall–Kier alpha value is -3.27. The highest BCUT2D eigenvalue weighted by Crippen LogP contribution is 2.32. The molecule has 10 heteroatoms. The van der Waals surface area contributed by atoms with Crippen LogP contribution < -0.4 is 10.1 Å². The predicted octanol–water partition coefficient (Wildman–Crippen LogP) is 3.52. The monoisotopic (exact) mass is 448 g/mol. The van der Waals surface area contributed by atoms with E-state index < -0.39 is 18.5 Å². The molecular weight excluding hydrogens is 425 g/mol. The first-order chi connectivity index (χ1) is 15.2. The molecule has 1 aromatic heterocycles. The summed E-state index contributed by atoms with van der Waals surface area (Å²) in [4.78, 5) is 14.7. The molecule has 7 nitrogen and oxygen atoms in total. The number of likely N-dealkylation sites (N-methyl/N-ethyl adjacent to an activating group) is 1. The van der Waals surface area contributed by atoms with Crippen LogP contribution in [0.2, 0.25) is 0 Å². The summed E-state index contributed by atoms with van der Waals surface area (Å²) < 4.78 is 43.5. The Kier molecular flexibility index (Phi) is 5.96. The number of aromatic nitrogens is 2. The van der Waals surface area contributed by atoms with Crippen molar-refractivity contribution in [1.82, 2.24) is 20.4 Å². The Morgan fingerprint density at radius 1 is 1.25 bits per heavy atom. The summed E-state index contributed by atoms with van der Waals surface area (Å²) in [7, 11) is 1.84. The number of carbonyl (C=O) groups is 1. The van der Waals surface area contributed by atoms with Crippen LogP contribution in [0.4, 0.5) is 13.2 Å². The molecular formula is C22H23F3N4O3. The number of alkyl halides is 3. The zero-order valence-corrected chi connectivity index (χ0v) is 17.4. The molecule has 170 valence electrons. The Labute approximate surface area is 182 Å². The van der Waals surface area contributed by atoms with Crippen LogP contribution in [0.3, 0.4) is 0 Å². The number of fused-ring (bicyclic) bond motifs is 2. The van der Waals surface area contributed by atoms with E-state index in [1.54, 1.807) is 4.90 Å². The van der Waals surface area contributed by atoms with Crippen LogP contribution in [-0.2, 0) is 19.5 Å². The zero-order chi connectivity index (χ0) is 22.9. The average molecular weight is 448 g/mol. The number of aryl methyl sites for hydroxylation is 1. The number of aromatic amines is 1. The minimum absolute atomic E-state index is 0.0328. The highest BCUT2D eigenvalue weighted by molar-refractivity contribution is 6.01. The number of halogens is 3. The first-order valence-electron chi connectivity index (χ1n) is 10.2. The van der Waals surface area contributed by atoms with Gasteiger partial charge in [0, 0.05) is 43.2 Å². The van der Waals surface area contributed by atoms with Crippen molar-refractivity contribution < 1.29 is 27.8 Å². The van der Waals surface area contributed by atoms with Crippen molar-refractivity contribution in [2.24, 2.45) is 0 Å². The molecule has 0 saturated heterocycles. The lowest BCUT2D eigenvalue weighted by molar-refractivity contribution is -0.134. The molecule has 0 unspecified atom stereocenters. The van der Waals surface area contributed by atoms with Crippen molar-refractivity contribution in [3.8, 4) is 11.5 Å². The number of amides is 1. The van der Waals surface area contributed by atoms with Crippen LogP contribution in [0.5, 0.6) is 11.5 Å². The molecule has 1 amide bonds. The summed E-state index contributed by atoms with van der Waals surface area (Å²) >= 11 is 0. The molecule has 1 aliphatic rings. The van der Waals surface area contributed by atoms with E-state index in [0.717, 1.165) is 11.1 Å². The molecule has 3 aromatic rings. The summed E-state index contributed by atoms with van der Waals surface area (Å²) in [6, 6.07) is 8.37. The van der Waals surface area contributed by atoms with Gasteiger partial charge in [-0.15, -0.1) is 0 Å². The van der Waals surface area contributed by atoms with Crippen LogP contribution >= 0.6 is 0 Å². The van der Waals surface area contributed by atoms with E-state index in [1.165, 1.54) is 12.1 Å². The summed E-state index contributed by atoms with van der Waals surface area (Å²) in [6.45, 7) is 1.95. The summed E-state index contributed by atoms with van der Waals surface area (Å²) in [5.41, 5.74) is 2.55. The van der Waals surface area contributed by atoms with Crippen LogP contribution in [0.1, 0.15) is 33.6 Å². The van der Waals surface area contributed by atoms with Crippen LogP contribution in [0.25, 0.3) is 10.9 Å². The Morgan fingerprint density at radius 2 is 2.03 bits per heavy atom. The van der Waals surface area contributed by atoms with Gasteiger partial charge in [-0.1, -0.05) is 6.07 Å². The van der Waals surface area contributed by atoms with Gasteiger partial charge in [-0.2, -0.15) is 18.3 Å². The number of rotatable bonds is 7. The second-order valence-corrected chi connectivity index (χ2v) is 7.75. The molecule has 0 spiro atoms. The molecule has 0 saturated carbocycles. The van der Waals surface area contributed by atoms with Gasteiger partial charge in [-0.3, -0.25) is 9.89 Å². The molecule has 32 heavy (non-hydrogen) atoms. The maximum atomic E-state index is 13.1. The number of ether oxygens (including phenoxy) is 1. The molecule has 4 rings (SSSR count). The standard InChI is InChI=1S/C22H23F3N4O3/c1-26-6-7-32-15-3-2-13-11-29(12-14(13)8-15)21(31)17-9-16-18(4-5-22(23,24)25)27-28-19(16)10-20(17)30/h2-3,8-10,26,30H,4-7,11-12H2,1H3,(H,27,28). The third-order valence-electron chi connectivity index (χ3n) is 5.45. The second-order valence-electron chi connectivity index (χ2n) is 7.75. The van der Waals surface area contributed by atoms with Crippen molar-refractivity contribution in [2.45, 2.75) is 32.1 Å². The quantitative estimate of drug-likeness (QED) is 0.481. The van der Waals surface area contributed by atoms with Crippen molar-refractivity contribution in [1.29, 1.82) is 0 Å². The first kappa shape index (κ1) is 21.9. The largest absolute Gasteiger partial charge is 0.507 e. The summed E-state index contributed by atoms with van der Waals surface area (Å²) in [5, 5.41) is 20.3. The van der Waals surface area contributed by atoms with E-state index in [-0.39, 0.29) is 23.4 Å². The SMILES string of the molecule is CNCCOc1ccc2c(c1)CN(C(=O)c1cc3c(CCC(F)(F)F)[nH]nc3cc1O)C2. The van der Waals surface area contributed by atoms with Crippen LogP contribution in [0, 0.1) is 0 Å². The lowest BCUT2D eigenvalue weighted by atomic mass is 10.1. The van der Waals surface area contributed by atoms with Gasteiger partial charge in [0.2, 0.25) is 0 Å². The number of hydrogen-bond donors (Lipinski definition) is 3. The summed E-state index contributed by atoms with van der Waals surface area (Å²) in [6.07, 6.45) is -5.59. The number of benzene rings is 2. The number of H-pyrrole nitrogens is 1. The smallest absolute Gasteiger partial charge is 0.389 e. The normalized spacial score (nSPS) is 13.6. The van der Waals surface area contributed by atoms with Gasteiger partial charge in [-0.05, 0) is 42.8 Å². The van der Waals surface area contributed by atoms with Crippen LogP contribution in [-0.4, -0.2) is 52.5 Å².